The molecule has 0 radical (unpaired) electrons. The van der Waals surface area contributed by atoms with Crippen molar-refractivity contribution in [2.45, 2.75) is 20.4 Å². The number of nitrogens with zero attached hydrogens (tertiary/aromatic N) is 2. The van der Waals surface area contributed by atoms with Gasteiger partial charge in [0.05, 0.1) is 12.2 Å². The summed E-state index contributed by atoms with van der Waals surface area (Å²) in [6.07, 6.45) is 0. The summed E-state index contributed by atoms with van der Waals surface area (Å²) in [4.78, 5) is 21.0. The zero-order valence-corrected chi connectivity index (χ0v) is 15.1. The third kappa shape index (κ3) is 3.55. The second-order valence-electron chi connectivity index (χ2n) is 5.34. The molecule has 0 atom stereocenters. The molecule has 3 nitrogen and oxygen atoms in total. The molecule has 0 aliphatic carbocycles. The van der Waals surface area contributed by atoms with Gasteiger partial charge in [0.25, 0.3) is 5.91 Å². The van der Waals surface area contributed by atoms with Gasteiger partial charge in [-0.25, -0.2) is 9.37 Å². The minimum atomic E-state index is -0.281. The molecule has 3 rings (SSSR count). The van der Waals surface area contributed by atoms with E-state index in [1.807, 2.05) is 36.3 Å². The van der Waals surface area contributed by atoms with Crippen LogP contribution in [0.4, 0.5) is 4.39 Å². The van der Waals surface area contributed by atoms with Gasteiger partial charge in [-0.2, -0.15) is 0 Å². The molecular formula is C18H17FN2OS2. The van der Waals surface area contributed by atoms with Gasteiger partial charge in [-0.1, -0.05) is 6.07 Å². The fraction of sp³-hybridized carbons (Fsp3) is 0.222. The van der Waals surface area contributed by atoms with E-state index in [-0.39, 0.29) is 11.7 Å². The normalized spacial score (nSPS) is 10.8. The molecule has 0 N–H and O–H groups in total. The van der Waals surface area contributed by atoms with Crippen molar-refractivity contribution in [3.05, 3.63) is 63.0 Å². The number of carbonyl (C=O) groups is 1. The standard InChI is InChI=1S/C18H17FN2OS2/c1-3-21(11-15-5-4-10-23-15)18(22)16-12(2)20-17(24-16)13-6-8-14(19)9-7-13/h4-10H,3,11H2,1-2H3. The molecule has 24 heavy (non-hydrogen) atoms. The number of hydrogen-bond donors (Lipinski definition) is 0. The number of rotatable bonds is 5. The molecule has 0 bridgehead atoms. The van der Waals surface area contributed by atoms with Crippen LogP contribution in [0.5, 0.6) is 0 Å². The zero-order valence-electron chi connectivity index (χ0n) is 13.5. The van der Waals surface area contributed by atoms with Crippen LogP contribution < -0.4 is 0 Å². The van der Waals surface area contributed by atoms with Crippen LogP contribution in [-0.4, -0.2) is 22.3 Å². The number of hydrogen-bond acceptors (Lipinski definition) is 4. The topological polar surface area (TPSA) is 33.2 Å². The zero-order chi connectivity index (χ0) is 17.1. The number of benzene rings is 1. The Morgan fingerprint density at radius 1 is 1.25 bits per heavy atom. The van der Waals surface area contributed by atoms with E-state index in [2.05, 4.69) is 4.98 Å². The number of halogens is 1. The summed E-state index contributed by atoms with van der Waals surface area (Å²) >= 11 is 3.01. The summed E-state index contributed by atoms with van der Waals surface area (Å²) in [5.41, 5.74) is 1.54. The first-order valence-electron chi connectivity index (χ1n) is 7.63. The number of amides is 1. The van der Waals surface area contributed by atoms with E-state index >= 15 is 0 Å². The lowest BCUT2D eigenvalue weighted by molar-refractivity contribution is 0.0758. The van der Waals surface area contributed by atoms with Crippen LogP contribution in [0.3, 0.4) is 0 Å². The number of thiophene rings is 1. The fourth-order valence-corrected chi connectivity index (χ4v) is 4.13. The lowest BCUT2D eigenvalue weighted by Gasteiger charge is -2.19. The van der Waals surface area contributed by atoms with Crippen molar-refractivity contribution in [2.75, 3.05) is 6.54 Å². The number of aryl methyl sites for hydroxylation is 1. The van der Waals surface area contributed by atoms with Gasteiger partial charge in [0.1, 0.15) is 15.7 Å². The Kier molecular flexibility index (Phi) is 5.06. The largest absolute Gasteiger partial charge is 0.333 e. The maximum atomic E-state index is 13.1. The van der Waals surface area contributed by atoms with E-state index in [9.17, 15) is 9.18 Å². The Morgan fingerprint density at radius 3 is 2.62 bits per heavy atom. The maximum Gasteiger partial charge on any atom is 0.266 e. The van der Waals surface area contributed by atoms with Gasteiger partial charge in [-0.3, -0.25) is 4.79 Å². The van der Waals surface area contributed by atoms with E-state index in [0.717, 1.165) is 15.4 Å². The lowest BCUT2D eigenvalue weighted by Crippen LogP contribution is -2.29. The molecule has 0 aliphatic rings. The molecule has 0 saturated carbocycles. The van der Waals surface area contributed by atoms with E-state index in [0.29, 0.717) is 23.7 Å². The number of carbonyl (C=O) groups excluding carboxylic acids is 1. The van der Waals surface area contributed by atoms with E-state index in [4.69, 9.17) is 0 Å². The van der Waals surface area contributed by atoms with Crippen molar-refractivity contribution in [1.82, 2.24) is 9.88 Å². The van der Waals surface area contributed by atoms with Crippen molar-refractivity contribution in [2.24, 2.45) is 0 Å². The van der Waals surface area contributed by atoms with Crippen LogP contribution in [0.25, 0.3) is 10.6 Å². The minimum absolute atomic E-state index is 0.00531. The van der Waals surface area contributed by atoms with Gasteiger partial charge in [0, 0.05) is 17.0 Å². The molecule has 0 saturated heterocycles. The number of thiazole rings is 1. The predicted molar refractivity (Wildman–Crippen MR) is 97.0 cm³/mol. The van der Waals surface area contributed by atoms with Gasteiger partial charge >= 0.3 is 0 Å². The van der Waals surface area contributed by atoms with Crippen LogP contribution in [0, 0.1) is 12.7 Å². The van der Waals surface area contributed by atoms with Crippen molar-refractivity contribution < 1.29 is 9.18 Å². The smallest absolute Gasteiger partial charge is 0.266 e. The summed E-state index contributed by atoms with van der Waals surface area (Å²) in [6, 6.07) is 10.2. The van der Waals surface area contributed by atoms with Crippen molar-refractivity contribution in [3.8, 4) is 10.6 Å². The van der Waals surface area contributed by atoms with Crippen molar-refractivity contribution in [1.29, 1.82) is 0 Å². The molecule has 6 heteroatoms. The summed E-state index contributed by atoms with van der Waals surface area (Å²) < 4.78 is 13.1. The van der Waals surface area contributed by atoms with E-state index in [1.54, 1.807) is 23.5 Å². The second-order valence-corrected chi connectivity index (χ2v) is 7.37. The second kappa shape index (κ2) is 7.23. The van der Waals surface area contributed by atoms with Crippen LogP contribution in [0.2, 0.25) is 0 Å². The van der Waals surface area contributed by atoms with Gasteiger partial charge in [-0.15, -0.1) is 22.7 Å². The Morgan fingerprint density at radius 2 is 2.00 bits per heavy atom. The average Bonchev–Trinajstić information content (AvgIpc) is 3.22. The van der Waals surface area contributed by atoms with Gasteiger partial charge < -0.3 is 4.90 Å². The van der Waals surface area contributed by atoms with Crippen LogP contribution >= 0.6 is 22.7 Å². The Labute approximate surface area is 148 Å². The lowest BCUT2D eigenvalue weighted by atomic mass is 10.2. The number of aromatic nitrogens is 1. The molecule has 1 aromatic carbocycles. The van der Waals surface area contributed by atoms with Crippen molar-refractivity contribution in [3.63, 3.8) is 0 Å². The van der Waals surface area contributed by atoms with E-state index < -0.39 is 0 Å². The summed E-state index contributed by atoms with van der Waals surface area (Å²) in [5, 5.41) is 2.75. The Hall–Kier alpha value is -2.05. The average molecular weight is 360 g/mol. The first-order valence-corrected chi connectivity index (χ1v) is 9.33. The molecule has 1 amide bonds. The highest BCUT2D eigenvalue weighted by Crippen LogP contribution is 2.29. The highest BCUT2D eigenvalue weighted by atomic mass is 32.1. The highest BCUT2D eigenvalue weighted by Gasteiger charge is 2.21. The quantitative estimate of drug-likeness (QED) is 0.643. The maximum absolute atomic E-state index is 13.1. The molecule has 2 heterocycles. The summed E-state index contributed by atoms with van der Waals surface area (Å²) in [5.74, 6) is -0.286. The monoisotopic (exact) mass is 360 g/mol. The SMILES string of the molecule is CCN(Cc1cccs1)C(=O)c1sc(-c2ccc(F)cc2)nc1C. The molecule has 0 aliphatic heterocycles. The predicted octanol–water partition coefficient (Wildman–Crippen LogP) is 4.98. The third-order valence-electron chi connectivity index (χ3n) is 3.68. The Balaban J connectivity index is 1.85. The fourth-order valence-electron chi connectivity index (χ4n) is 2.37. The Bertz CT molecular complexity index is 825. The van der Waals surface area contributed by atoms with Crippen LogP contribution in [-0.2, 0) is 6.54 Å². The molecule has 2 aromatic heterocycles. The van der Waals surface area contributed by atoms with Gasteiger partial charge in [0.15, 0.2) is 0 Å². The first-order chi connectivity index (χ1) is 11.6. The summed E-state index contributed by atoms with van der Waals surface area (Å²) in [6.45, 7) is 5.06. The van der Waals surface area contributed by atoms with Crippen LogP contribution in [0.1, 0.15) is 27.2 Å². The molecule has 0 unspecified atom stereocenters. The molecule has 0 fully saturated rings. The van der Waals surface area contributed by atoms with Crippen LogP contribution in [0.15, 0.2) is 41.8 Å². The van der Waals surface area contributed by atoms with Crippen molar-refractivity contribution >= 4 is 28.6 Å². The molecule has 124 valence electrons. The molecule has 3 aromatic rings. The minimum Gasteiger partial charge on any atom is -0.333 e. The molecular weight excluding hydrogens is 343 g/mol. The van der Waals surface area contributed by atoms with E-state index in [1.165, 1.54) is 23.5 Å². The summed E-state index contributed by atoms with van der Waals surface area (Å²) in [7, 11) is 0. The van der Waals surface area contributed by atoms with Gasteiger partial charge in [0.2, 0.25) is 0 Å². The highest BCUT2D eigenvalue weighted by molar-refractivity contribution is 7.17. The molecule has 0 spiro atoms. The first kappa shape index (κ1) is 16.8. The van der Waals surface area contributed by atoms with Gasteiger partial charge in [-0.05, 0) is 49.6 Å². The third-order valence-corrected chi connectivity index (χ3v) is 5.73.